The van der Waals surface area contributed by atoms with E-state index in [0.717, 1.165) is 18.9 Å². The van der Waals surface area contributed by atoms with Crippen molar-refractivity contribution in [3.05, 3.63) is 65.2 Å². The van der Waals surface area contributed by atoms with Gasteiger partial charge in [-0.15, -0.1) is 0 Å². The van der Waals surface area contributed by atoms with Gasteiger partial charge in [-0.2, -0.15) is 13.2 Å². The topological polar surface area (TPSA) is 69.7 Å². The number of carbonyl (C=O) groups excluding carboxylic acids is 3. The minimum Gasteiger partial charge on any atom is -0.335 e. The molecule has 0 spiro atoms. The quantitative estimate of drug-likeness (QED) is 0.781. The van der Waals surface area contributed by atoms with Crippen LogP contribution in [0.25, 0.3) is 0 Å². The van der Waals surface area contributed by atoms with Gasteiger partial charge in [-0.1, -0.05) is 12.1 Å². The van der Waals surface area contributed by atoms with Gasteiger partial charge in [0.15, 0.2) is 0 Å². The molecule has 0 atom stereocenters. The normalized spacial score (nSPS) is 16.6. The first kappa shape index (κ1) is 21.9. The van der Waals surface area contributed by atoms with Crippen LogP contribution in [0.1, 0.15) is 39.1 Å². The zero-order valence-electron chi connectivity index (χ0n) is 17.2. The molecule has 1 heterocycles. The number of nitrogens with one attached hydrogen (secondary N) is 1. The van der Waals surface area contributed by atoms with Crippen LogP contribution in [-0.2, 0) is 11.0 Å². The van der Waals surface area contributed by atoms with Crippen LogP contribution in [0.2, 0.25) is 0 Å². The van der Waals surface area contributed by atoms with Crippen molar-refractivity contribution in [1.82, 2.24) is 9.80 Å². The number of hydrogen-bond acceptors (Lipinski definition) is 3. The summed E-state index contributed by atoms with van der Waals surface area (Å²) in [5, 5.41) is 2.81. The van der Waals surface area contributed by atoms with Gasteiger partial charge in [-0.3, -0.25) is 14.4 Å². The fourth-order valence-electron chi connectivity index (χ4n) is 3.67. The average Bonchev–Trinajstić information content (AvgIpc) is 3.64. The number of hydrogen-bond donors (Lipinski definition) is 1. The van der Waals surface area contributed by atoms with Crippen molar-refractivity contribution < 1.29 is 27.6 Å². The molecule has 0 unspecified atom stereocenters. The van der Waals surface area contributed by atoms with Crippen LogP contribution in [0.3, 0.4) is 0 Å². The zero-order valence-corrected chi connectivity index (χ0v) is 17.2. The number of benzene rings is 2. The highest BCUT2D eigenvalue weighted by Crippen LogP contribution is 2.32. The monoisotopic (exact) mass is 445 g/mol. The van der Waals surface area contributed by atoms with E-state index < -0.39 is 17.6 Å². The molecule has 1 aliphatic heterocycles. The maximum absolute atomic E-state index is 13.2. The summed E-state index contributed by atoms with van der Waals surface area (Å²) in [6, 6.07) is 11.3. The minimum atomic E-state index is -4.62. The van der Waals surface area contributed by atoms with E-state index in [1.807, 2.05) is 0 Å². The molecule has 2 aliphatic rings. The number of alkyl halides is 3. The highest BCUT2D eigenvalue weighted by molar-refractivity contribution is 5.98. The van der Waals surface area contributed by atoms with E-state index in [1.54, 1.807) is 29.2 Å². The molecular weight excluding hydrogens is 423 g/mol. The third-order valence-corrected chi connectivity index (χ3v) is 5.66. The Morgan fingerprint density at radius 1 is 0.812 bits per heavy atom. The molecule has 0 radical (unpaired) electrons. The van der Waals surface area contributed by atoms with Crippen molar-refractivity contribution in [2.24, 2.45) is 5.92 Å². The largest absolute Gasteiger partial charge is 0.417 e. The predicted octanol–water partition coefficient (Wildman–Crippen LogP) is 3.65. The Hall–Kier alpha value is -3.36. The van der Waals surface area contributed by atoms with Gasteiger partial charge in [-0.25, -0.2) is 0 Å². The van der Waals surface area contributed by atoms with Crippen molar-refractivity contribution in [2.45, 2.75) is 19.0 Å². The first-order chi connectivity index (χ1) is 15.2. The van der Waals surface area contributed by atoms with Crippen molar-refractivity contribution in [1.29, 1.82) is 0 Å². The second-order valence-corrected chi connectivity index (χ2v) is 7.97. The number of amides is 3. The van der Waals surface area contributed by atoms with Gasteiger partial charge < -0.3 is 15.1 Å². The second kappa shape index (κ2) is 8.64. The molecule has 32 heavy (non-hydrogen) atoms. The standard InChI is InChI=1S/C23H22F3N3O3/c24-23(25,26)19-4-2-1-3-18(19)22(32)29-13-11-28(12-14-29)21(31)16-7-9-17(10-8-16)27-20(30)15-5-6-15/h1-4,7-10,15H,5-6,11-14H2,(H,27,30). The summed E-state index contributed by atoms with van der Waals surface area (Å²) in [5.41, 5.74) is -0.283. The molecule has 4 rings (SSSR count). The summed E-state index contributed by atoms with van der Waals surface area (Å²) in [4.78, 5) is 40.2. The van der Waals surface area contributed by atoms with Gasteiger partial charge in [0.05, 0.1) is 11.1 Å². The Morgan fingerprint density at radius 3 is 1.94 bits per heavy atom. The molecule has 1 saturated carbocycles. The maximum atomic E-state index is 13.2. The lowest BCUT2D eigenvalue weighted by molar-refractivity contribution is -0.138. The van der Waals surface area contributed by atoms with Crippen molar-refractivity contribution in [2.75, 3.05) is 31.5 Å². The first-order valence-corrected chi connectivity index (χ1v) is 10.4. The Bertz CT molecular complexity index is 1020. The van der Waals surface area contributed by atoms with Crippen molar-refractivity contribution in [3.63, 3.8) is 0 Å². The minimum absolute atomic E-state index is 0.0167. The average molecular weight is 445 g/mol. The van der Waals surface area contributed by atoms with E-state index in [-0.39, 0.29) is 49.5 Å². The summed E-state index contributed by atoms with van der Waals surface area (Å²) >= 11 is 0. The van der Waals surface area contributed by atoms with Gasteiger partial charge in [0.2, 0.25) is 5.91 Å². The highest BCUT2D eigenvalue weighted by Gasteiger charge is 2.36. The fraction of sp³-hybridized carbons (Fsp3) is 0.348. The molecule has 1 saturated heterocycles. The molecule has 0 bridgehead atoms. The number of anilines is 1. The SMILES string of the molecule is O=C(Nc1ccc(C(=O)N2CCN(C(=O)c3ccccc3C(F)(F)F)CC2)cc1)C1CC1. The Balaban J connectivity index is 1.36. The van der Waals surface area contributed by atoms with E-state index in [0.29, 0.717) is 11.3 Å². The first-order valence-electron chi connectivity index (χ1n) is 10.4. The number of piperazine rings is 1. The number of carbonyl (C=O) groups is 3. The lowest BCUT2D eigenvalue weighted by atomic mass is 10.1. The number of nitrogens with zero attached hydrogens (tertiary/aromatic N) is 2. The Morgan fingerprint density at radius 2 is 1.38 bits per heavy atom. The molecule has 2 aromatic rings. The predicted molar refractivity (Wildman–Crippen MR) is 111 cm³/mol. The van der Waals surface area contributed by atoms with Crippen LogP contribution in [-0.4, -0.2) is 53.7 Å². The van der Waals surface area contributed by atoms with Crippen molar-refractivity contribution in [3.8, 4) is 0 Å². The fourth-order valence-corrected chi connectivity index (χ4v) is 3.67. The lowest BCUT2D eigenvalue weighted by Crippen LogP contribution is -2.50. The van der Waals surface area contributed by atoms with Gasteiger partial charge >= 0.3 is 6.18 Å². The number of halogens is 3. The Labute approximate surface area is 183 Å². The summed E-state index contributed by atoms with van der Waals surface area (Å²) in [6.45, 7) is 0.733. The molecule has 0 aromatic heterocycles. The van der Waals surface area contributed by atoms with E-state index >= 15 is 0 Å². The lowest BCUT2D eigenvalue weighted by Gasteiger charge is -2.35. The van der Waals surface area contributed by atoms with Crippen molar-refractivity contribution >= 4 is 23.4 Å². The molecular formula is C23H22F3N3O3. The van der Waals surface area contributed by atoms with Gasteiger partial charge in [-0.05, 0) is 49.2 Å². The van der Waals surface area contributed by atoms with E-state index in [2.05, 4.69) is 5.32 Å². The second-order valence-electron chi connectivity index (χ2n) is 7.97. The molecule has 168 valence electrons. The number of rotatable bonds is 4. The van der Waals surface area contributed by atoms with E-state index in [4.69, 9.17) is 0 Å². The van der Waals surface area contributed by atoms with Gasteiger partial charge in [0.25, 0.3) is 11.8 Å². The third-order valence-electron chi connectivity index (χ3n) is 5.66. The maximum Gasteiger partial charge on any atom is 0.417 e. The van der Waals surface area contributed by atoms with Gasteiger partial charge in [0, 0.05) is 43.3 Å². The smallest absolute Gasteiger partial charge is 0.335 e. The van der Waals surface area contributed by atoms with E-state index in [9.17, 15) is 27.6 Å². The van der Waals surface area contributed by atoms with E-state index in [1.165, 1.54) is 23.1 Å². The van der Waals surface area contributed by atoms with Crippen LogP contribution in [0.15, 0.2) is 48.5 Å². The van der Waals surface area contributed by atoms with Crippen LogP contribution >= 0.6 is 0 Å². The highest BCUT2D eigenvalue weighted by atomic mass is 19.4. The molecule has 2 aromatic carbocycles. The van der Waals surface area contributed by atoms with Crippen LogP contribution < -0.4 is 5.32 Å². The molecule has 3 amide bonds. The molecule has 1 aliphatic carbocycles. The third kappa shape index (κ3) is 4.76. The Kier molecular flexibility index (Phi) is 5.90. The molecule has 1 N–H and O–H groups in total. The van der Waals surface area contributed by atoms with Crippen LogP contribution in [0.5, 0.6) is 0 Å². The summed E-state index contributed by atoms with van der Waals surface area (Å²) < 4.78 is 39.7. The summed E-state index contributed by atoms with van der Waals surface area (Å²) in [5.74, 6) is -0.857. The molecule has 9 heteroatoms. The molecule has 6 nitrogen and oxygen atoms in total. The van der Waals surface area contributed by atoms with Crippen LogP contribution in [0, 0.1) is 5.92 Å². The summed E-state index contributed by atoms with van der Waals surface area (Å²) in [7, 11) is 0. The zero-order chi connectivity index (χ0) is 22.9. The van der Waals surface area contributed by atoms with Crippen LogP contribution in [0.4, 0.5) is 18.9 Å². The van der Waals surface area contributed by atoms with Gasteiger partial charge in [0.1, 0.15) is 0 Å². The summed E-state index contributed by atoms with van der Waals surface area (Å²) in [6.07, 6.45) is -2.81. The molecule has 2 fully saturated rings.